The molecule has 1 fully saturated rings. The van der Waals surface area contributed by atoms with Crippen molar-refractivity contribution in [3.8, 4) is 17.1 Å². The molecular formula is C21H26N6O3S2. The van der Waals surface area contributed by atoms with E-state index in [1.165, 1.54) is 11.3 Å². The van der Waals surface area contributed by atoms with Crippen LogP contribution >= 0.6 is 23.6 Å². The number of nitrogens with zero attached hydrogens (tertiary/aromatic N) is 4. The molecule has 1 amide bonds. The maximum Gasteiger partial charge on any atom is 0.246 e. The van der Waals surface area contributed by atoms with E-state index >= 15 is 0 Å². The lowest BCUT2D eigenvalue weighted by Gasteiger charge is -2.34. The Bertz CT molecular complexity index is 1110. The molecule has 0 saturated carbocycles. The lowest BCUT2D eigenvalue weighted by Crippen LogP contribution is -2.44. The number of hydrogen-bond acceptors (Lipinski definition) is 8. The third-order valence-corrected chi connectivity index (χ3v) is 6.21. The van der Waals surface area contributed by atoms with Crippen LogP contribution in [-0.2, 0) is 22.6 Å². The van der Waals surface area contributed by atoms with Crippen LogP contribution in [0, 0.1) is 4.77 Å². The summed E-state index contributed by atoms with van der Waals surface area (Å²) in [5.41, 5.74) is 1.77. The number of rotatable bonds is 7. The van der Waals surface area contributed by atoms with Crippen LogP contribution in [0.1, 0.15) is 19.5 Å². The fraction of sp³-hybridized carbons (Fsp3) is 0.429. The SMILES string of the molecule is COc1ccc(-c2n[nH]c(=S)n2CC(=O)Nc2nc(CN3CC(C)OC(C)C3)cs2)cc1. The molecule has 2 N–H and O–H groups in total. The smallest absolute Gasteiger partial charge is 0.246 e. The molecule has 0 spiro atoms. The standard InChI is InChI=1S/C21H26N6O3S2/c1-13-8-26(9-14(2)30-13)10-16-12-32-20(22-16)23-18(28)11-27-19(24-25-21(27)31)15-4-6-17(29-3)7-5-15/h4-7,12-14H,8-11H2,1-3H3,(H,25,31)(H,22,23,28). The van der Waals surface area contributed by atoms with E-state index in [-0.39, 0.29) is 24.7 Å². The highest BCUT2D eigenvalue weighted by atomic mass is 32.1. The van der Waals surface area contributed by atoms with Gasteiger partial charge < -0.3 is 14.8 Å². The quantitative estimate of drug-likeness (QED) is 0.507. The first-order valence-electron chi connectivity index (χ1n) is 10.3. The average molecular weight is 475 g/mol. The molecule has 2 atom stereocenters. The molecule has 1 aliphatic heterocycles. The first-order valence-corrected chi connectivity index (χ1v) is 11.6. The van der Waals surface area contributed by atoms with Gasteiger partial charge in [0.05, 0.1) is 25.0 Å². The number of aromatic nitrogens is 4. The van der Waals surface area contributed by atoms with E-state index < -0.39 is 0 Å². The van der Waals surface area contributed by atoms with Gasteiger partial charge in [0.25, 0.3) is 0 Å². The second kappa shape index (κ2) is 9.90. The number of amides is 1. The molecule has 4 rings (SSSR count). The predicted molar refractivity (Wildman–Crippen MR) is 125 cm³/mol. The van der Waals surface area contributed by atoms with E-state index in [4.69, 9.17) is 21.7 Å². The molecule has 1 aliphatic rings. The molecule has 1 aromatic carbocycles. The number of morpholine rings is 1. The predicted octanol–water partition coefficient (Wildman–Crippen LogP) is 3.32. The van der Waals surface area contributed by atoms with Crippen molar-refractivity contribution in [1.82, 2.24) is 24.6 Å². The number of H-pyrrole nitrogens is 1. The maximum absolute atomic E-state index is 12.7. The third-order valence-electron chi connectivity index (χ3n) is 5.09. The van der Waals surface area contributed by atoms with E-state index in [9.17, 15) is 4.79 Å². The monoisotopic (exact) mass is 474 g/mol. The summed E-state index contributed by atoms with van der Waals surface area (Å²) in [7, 11) is 1.61. The molecule has 1 saturated heterocycles. The first-order chi connectivity index (χ1) is 15.4. The number of benzene rings is 1. The van der Waals surface area contributed by atoms with Crippen molar-refractivity contribution >= 4 is 34.6 Å². The van der Waals surface area contributed by atoms with Crippen LogP contribution in [0.3, 0.4) is 0 Å². The zero-order valence-electron chi connectivity index (χ0n) is 18.2. The van der Waals surface area contributed by atoms with E-state index in [0.717, 1.165) is 36.6 Å². The van der Waals surface area contributed by atoms with Gasteiger partial charge in [-0.2, -0.15) is 5.10 Å². The number of thiazole rings is 1. The summed E-state index contributed by atoms with van der Waals surface area (Å²) in [6.07, 6.45) is 0.409. The van der Waals surface area contributed by atoms with Gasteiger partial charge in [0, 0.05) is 30.6 Å². The number of carbonyl (C=O) groups is 1. The second-order valence-electron chi connectivity index (χ2n) is 7.81. The minimum atomic E-state index is -0.216. The lowest BCUT2D eigenvalue weighted by molar-refractivity contribution is -0.116. The van der Waals surface area contributed by atoms with E-state index in [2.05, 4.69) is 39.2 Å². The Labute approximate surface area is 195 Å². The van der Waals surface area contributed by atoms with E-state index in [1.54, 1.807) is 11.7 Å². The summed E-state index contributed by atoms with van der Waals surface area (Å²) in [4.78, 5) is 19.6. The molecule has 3 heterocycles. The number of anilines is 1. The molecule has 3 aromatic rings. The van der Waals surface area contributed by atoms with Gasteiger partial charge in [0.1, 0.15) is 12.3 Å². The van der Waals surface area contributed by atoms with Gasteiger partial charge in [-0.3, -0.25) is 19.4 Å². The topological polar surface area (TPSA) is 97.3 Å². The molecule has 0 bridgehead atoms. The fourth-order valence-corrected chi connectivity index (χ4v) is 4.72. The van der Waals surface area contributed by atoms with Gasteiger partial charge in [-0.25, -0.2) is 4.98 Å². The minimum Gasteiger partial charge on any atom is -0.497 e. The van der Waals surface area contributed by atoms with Crippen LogP contribution in [0.5, 0.6) is 5.75 Å². The van der Waals surface area contributed by atoms with Crippen molar-refractivity contribution in [2.45, 2.75) is 39.1 Å². The molecule has 11 heteroatoms. The summed E-state index contributed by atoms with van der Waals surface area (Å²) >= 11 is 6.75. The highest BCUT2D eigenvalue weighted by Crippen LogP contribution is 2.22. The van der Waals surface area contributed by atoms with E-state index in [1.807, 2.05) is 29.6 Å². The molecule has 9 nitrogen and oxygen atoms in total. The fourth-order valence-electron chi connectivity index (χ4n) is 3.81. The Morgan fingerprint density at radius 1 is 1.31 bits per heavy atom. The zero-order chi connectivity index (χ0) is 22.7. The highest BCUT2D eigenvalue weighted by molar-refractivity contribution is 7.71. The third kappa shape index (κ3) is 5.41. The molecule has 0 radical (unpaired) electrons. The van der Waals surface area contributed by atoms with Crippen LogP contribution in [0.4, 0.5) is 5.13 Å². The Kier molecular flexibility index (Phi) is 6.99. The van der Waals surface area contributed by atoms with Crippen LogP contribution < -0.4 is 10.1 Å². The molecule has 2 aromatic heterocycles. The van der Waals surface area contributed by atoms with Crippen LogP contribution in [0.15, 0.2) is 29.6 Å². The normalized spacial score (nSPS) is 19.1. The summed E-state index contributed by atoms with van der Waals surface area (Å²) in [6, 6.07) is 7.42. The number of carbonyl (C=O) groups excluding carboxylic acids is 1. The van der Waals surface area contributed by atoms with Crippen LogP contribution in [-0.4, -0.2) is 63.0 Å². The van der Waals surface area contributed by atoms with E-state index in [0.29, 0.717) is 15.7 Å². The summed E-state index contributed by atoms with van der Waals surface area (Å²) in [6.45, 7) is 6.67. The number of methoxy groups -OCH3 is 1. The van der Waals surface area contributed by atoms with Gasteiger partial charge in [-0.1, -0.05) is 0 Å². The van der Waals surface area contributed by atoms with Gasteiger partial charge in [-0.15, -0.1) is 11.3 Å². The highest BCUT2D eigenvalue weighted by Gasteiger charge is 2.23. The molecule has 32 heavy (non-hydrogen) atoms. The molecular weight excluding hydrogens is 448 g/mol. The maximum atomic E-state index is 12.7. The molecule has 0 aliphatic carbocycles. The number of ether oxygens (including phenoxy) is 2. The summed E-state index contributed by atoms with van der Waals surface area (Å²) in [5.74, 6) is 1.11. The average Bonchev–Trinajstić information content (AvgIpc) is 3.33. The molecule has 170 valence electrons. The first kappa shape index (κ1) is 22.6. The summed E-state index contributed by atoms with van der Waals surface area (Å²) in [5, 5.41) is 12.5. The Balaban J connectivity index is 1.39. The summed E-state index contributed by atoms with van der Waals surface area (Å²) < 4.78 is 13.0. The Hall–Kier alpha value is -2.60. The van der Waals surface area contributed by atoms with Crippen molar-refractivity contribution in [3.63, 3.8) is 0 Å². The minimum absolute atomic E-state index is 0.0318. The number of aromatic amines is 1. The van der Waals surface area contributed by atoms with Crippen molar-refractivity contribution < 1.29 is 14.3 Å². The second-order valence-corrected chi connectivity index (χ2v) is 9.06. The van der Waals surface area contributed by atoms with Gasteiger partial charge in [0.15, 0.2) is 15.7 Å². The van der Waals surface area contributed by atoms with Crippen molar-refractivity contribution in [1.29, 1.82) is 0 Å². The molecule has 2 unspecified atom stereocenters. The lowest BCUT2D eigenvalue weighted by atomic mass is 10.2. The van der Waals surface area contributed by atoms with Gasteiger partial charge in [0.2, 0.25) is 5.91 Å². The van der Waals surface area contributed by atoms with Crippen molar-refractivity contribution in [2.24, 2.45) is 0 Å². The van der Waals surface area contributed by atoms with Crippen molar-refractivity contribution in [2.75, 3.05) is 25.5 Å². The number of nitrogens with one attached hydrogen (secondary N) is 2. The van der Waals surface area contributed by atoms with Crippen LogP contribution in [0.2, 0.25) is 0 Å². The Morgan fingerprint density at radius 3 is 2.72 bits per heavy atom. The Morgan fingerprint density at radius 2 is 2.03 bits per heavy atom. The van der Waals surface area contributed by atoms with Gasteiger partial charge >= 0.3 is 0 Å². The number of hydrogen-bond donors (Lipinski definition) is 2. The zero-order valence-corrected chi connectivity index (χ0v) is 19.8. The van der Waals surface area contributed by atoms with Crippen molar-refractivity contribution in [3.05, 3.63) is 40.1 Å². The largest absolute Gasteiger partial charge is 0.497 e. The van der Waals surface area contributed by atoms with Crippen LogP contribution in [0.25, 0.3) is 11.4 Å². The van der Waals surface area contributed by atoms with Gasteiger partial charge in [-0.05, 0) is 50.3 Å².